The number of hydrogen-bond acceptors (Lipinski definition) is 4. The second kappa shape index (κ2) is 6.53. The molecule has 0 aromatic heterocycles. The van der Waals surface area contributed by atoms with E-state index in [1.807, 2.05) is 20.8 Å². The van der Waals surface area contributed by atoms with Gasteiger partial charge in [-0.3, -0.25) is 4.79 Å². The molecule has 0 saturated carbocycles. The van der Waals surface area contributed by atoms with Crippen molar-refractivity contribution in [3.05, 3.63) is 0 Å². The summed E-state index contributed by atoms with van der Waals surface area (Å²) in [5, 5.41) is 0. The van der Waals surface area contributed by atoms with Crippen LogP contribution >= 0.6 is 0 Å². The molecule has 0 aromatic carbocycles. The molecule has 0 aromatic rings. The van der Waals surface area contributed by atoms with Gasteiger partial charge in [-0.05, 0) is 45.6 Å². The van der Waals surface area contributed by atoms with Crippen molar-refractivity contribution < 1.29 is 9.53 Å². The number of nitrogens with two attached hydrogens (primary N) is 2. The Bertz CT molecular complexity index is 264. The van der Waals surface area contributed by atoms with Crippen LogP contribution < -0.4 is 11.5 Å². The molecule has 2 unspecified atom stereocenters. The summed E-state index contributed by atoms with van der Waals surface area (Å²) >= 11 is 0. The monoisotopic (exact) mass is 258 g/mol. The summed E-state index contributed by atoms with van der Waals surface area (Å²) in [6, 6.07) is -0.185. The summed E-state index contributed by atoms with van der Waals surface area (Å²) in [4.78, 5) is 12.0. The molecule has 0 bridgehead atoms. The van der Waals surface area contributed by atoms with E-state index < -0.39 is 5.41 Å². The Morgan fingerprint density at radius 3 is 2.00 bits per heavy atom. The Morgan fingerprint density at radius 2 is 1.67 bits per heavy atom. The van der Waals surface area contributed by atoms with Gasteiger partial charge in [0.2, 0.25) is 0 Å². The molecule has 0 amide bonds. The maximum Gasteiger partial charge on any atom is 0.311 e. The summed E-state index contributed by atoms with van der Waals surface area (Å²) in [7, 11) is 0. The van der Waals surface area contributed by atoms with Gasteiger partial charge in [0.25, 0.3) is 0 Å². The minimum Gasteiger partial charge on any atom is -0.460 e. The largest absolute Gasteiger partial charge is 0.460 e. The van der Waals surface area contributed by atoms with Crippen molar-refractivity contribution in [1.82, 2.24) is 0 Å². The van der Waals surface area contributed by atoms with Crippen LogP contribution in [-0.2, 0) is 9.53 Å². The standard InChI is InChI=1S/C14H30N2O2/c1-13(2,3)11(16)10(8-7-9-15)18-12(17)14(4,5)6/h10-11H,7-9,15-16H2,1-6H3. The Kier molecular flexibility index (Phi) is 6.30. The van der Waals surface area contributed by atoms with Gasteiger partial charge in [-0.15, -0.1) is 0 Å². The summed E-state index contributed by atoms with van der Waals surface area (Å²) in [6.45, 7) is 12.3. The molecular weight excluding hydrogens is 228 g/mol. The van der Waals surface area contributed by atoms with Gasteiger partial charge in [0.1, 0.15) is 6.10 Å². The first kappa shape index (κ1) is 17.4. The molecule has 108 valence electrons. The lowest BCUT2D eigenvalue weighted by atomic mass is 9.82. The van der Waals surface area contributed by atoms with Gasteiger partial charge in [0.05, 0.1) is 5.41 Å². The van der Waals surface area contributed by atoms with Crippen molar-refractivity contribution in [2.75, 3.05) is 6.54 Å². The molecule has 0 radical (unpaired) electrons. The first-order chi connectivity index (χ1) is 8.00. The fourth-order valence-electron chi connectivity index (χ4n) is 1.50. The fraction of sp³-hybridized carbons (Fsp3) is 0.929. The lowest BCUT2D eigenvalue weighted by molar-refractivity contribution is -0.161. The van der Waals surface area contributed by atoms with Gasteiger partial charge in [-0.1, -0.05) is 20.8 Å². The normalized spacial score (nSPS) is 16.2. The minimum atomic E-state index is -0.501. The topological polar surface area (TPSA) is 78.3 Å². The van der Waals surface area contributed by atoms with Crippen LogP contribution in [0.5, 0.6) is 0 Å². The smallest absolute Gasteiger partial charge is 0.311 e. The number of carbonyl (C=O) groups is 1. The Labute approximate surface area is 111 Å². The number of esters is 1. The van der Waals surface area contributed by atoms with E-state index in [1.165, 1.54) is 0 Å². The van der Waals surface area contributed by atoms with E-state index in [4.69, 9.17) is 16.2 Å². The van der Waals surface area contributed by atoms with Gasteiger partial charge >= 0.3 is 5.97 Å². The second-order valence-electron chi connectivity index (χ2n) is 7.02. The van der Waals surface area contributed by atoms with Crippen LogP contribution in [0.25, 0.3) is 0 Å². The van der Waals surface area contributed by atoms with Crippen molar-refractivity contribution in [2.45, 2.75) is 66.5 Å². The third kappa shape index (κ3) is 5.83. The van der Waals surface area contributed by atoms with E-state index in [9.17, 15) is 4.79 Å². The van der Waals surface area contributed by atoms with Gasteiger partial charge in [0, 0.05) is 6.04 Å². The minimum absolute atomic E-state index is 0.0998. The number of rotatable bonds is 5. The maximum atomic E-state index is 12.0. The fourth-order valence-corrected chi connectivity index (χ4v) is 1.50. The molecular formula is C14H30N2O2. The van der Waals surface area contributed by atoms with Crippen LogP contribution in [0.1, 0.15) is 54.4 Å². The lowest BCUT2D eigenvalue weighted by Crippen LogP contribution is -2.48. The zero-order chi connectivity index (χ0) is 14.6. The molecule has 0 aliphatic heterocycles. The summed E-state index contributed by atoms with van der Waals surface area (Å²) < 4.78 is 5.59. The van der Waals surface area contributed by atoms with Crippen LogP contribution in [0, 0.1) is 10.8 Å². The third-order valence-corrected chi connectivity index (χ3v) is 2.96. The molecule has 4 nitrogen and oxygen atoms in total. The SMILES string of the molecule is CC(C)(C)C(=O)OC(CCCN)C(N)C(C)(C)C. The van der Waals surface area contributed by atoms with Crippen molar-refractivity contribution in [1.29, 1.82) is 0 Å². The van der Waals surface area contributed by atoms with Gasteiger partial charge in [-0.25, -0.2) is 0 Å². The molecule has 18 heavy (non-hydrogen) atoms. The van der Waals surface area contributed by atoms with Crippen LogP contribution in [0.3, 0.4) is 0 Å². The maximum absolute atomic E-state index is 12.0. The van der Waals surface area contributed by atoms with Crippen LogP contribution in [-0.4, -0.2) is 24.7 Å². The molecule has 0 spiro atoms. The van der Waals surface area contributed by atoms with Gasteiger partial charge in [-0.2, -0.15) is 0 Å². The Balaban J connectivity index is 4.74. The van der Waals surface area contributed by atoms with E-state index in [1.54, 1.807) is 0 Å². The molecule has 0 aliphatic rings. The quantitative estimate of drug-likeness (QED) is 0.740. The van der Waals surface area contributed by atoms with Crippen molar-refractivity contribution in [2.24, 2.45) is 22.3 Å². The highest BCUT2D eigenvalue weighted by atomic mass is 16.5. The number of carbonyl (C=O) groups excluding carboxylic acids is 1. The average molecular weight is 258 g/mol. The summed E-state index contributed by atoms with van der Waals surface area (Å²) in [5.41, 5.74) is 11.1. The molecule has 0 aliphatic carbocycles. The first-order valence-electron chi connectivity index (χ1n) is 6.67. The van der Waals surface area contributed by atoms with E-state index >= 15 is 0 Å². The Morgan fingerprint density at radius 1 is 1.17 bits per heavy atom. The van der Waals surface area contributed by atoms with Crippen LogP contribution in [0.4, 0.5) is 0 Å². The predicted molar refractivity (Wildman–Crippen MR) is 75.1 cm³/mol. The zero-order valence-electron chi connectivity index (χ0n) is 12.7. The van der Waals surface area contributed by atoms with Crippen molar-refractivity contribution >= 4 is 5.97 Å². The second-order valence-corrected chi connectivity index (χ2v) is 7.02. The zero-order valence-corrected chi connectivity index (χ0v) is 12.7. The molecule has 0 fully saturated rings. The van der Waals surface area contributed by atoms with E-state index in [0.717, 1.165) is 12.8 Å². The van der Waals surface area contributed by atoms with Gasteiger partial charge in [0.15, 0.2) is 0 Å². The highest BCUT2D eigenvalue weighted by molar-refractivity contribution is 5.75. The third-order valence-electron chi connectivity index (χ3n) is 2.96. The van der Waals surface area contributed by atoms with E-state index in [2.05, 4.69) is 20.8 Å². The van der Waals surface area contributed by atoms with Crippen LogP contribution in [0.2, 0.25) is 0 Å². The lowest BCUT2D eigenvalue weighted by Gasteiger charge is -2.35. The number of hydrogen-bond donors (Lipinski definition) is 2. The van der Waals surface area contributed by atoms with Gasteiger partial charge < -0.3 is 16.2 Å². The summed E-state index contributed by atoms with van der Waals surface area (Å²) in [6.07, 6.45) is 1.27. The van der Waals surface area contributed by atoms with Crippen LogP contribution in [0.15, 0.2) is 0 Å². The molecule has 0 saturated heterocycles. The molecule has 4 N–H and O–H groups in total. The van der Waals surface area contributed by atoms with E-state index in [0.29, 0.717) is 6.54 Å². The summed E-state index contributed by atoms with van der Waals surface area (Å²) in [5.74, 6) is -0.204. The Hall–Kier alpha value is -0.610. The molecule has 2 atom stereocenters. The predicted octanol–water partition coefficient (Wildman–Crippen LogP) is 2.06. The van der Waals surface area contributed by atoms with Crippen molar-refractivity contribution in [3.63, 3.8) is 0 Å². The molecule has 0 rings (SSSR count). The molecule has 0 heterocycles. The first-order valence-corrected chi connectivity index (χ1v) is 6.67. The highest BCUT2D eigenvalue weighted by Gasteiger charge is 2.34. The molecule has 4 heteroatoms. The van der Waals surface area contributed by atoms with Crippen molar-refractivity contribution in [3.8, 4) is 0 Å². The highest BCUT2D eigenvalue weighted by Crippen LogP contribution is 2.26. The van der Waals surface area contributed by atoms with E-state index in [-0.39, 0.29) is 23.5 Å². The number of ether oxygens (including phenoxy) is 1. The average Bonchev–Trinajstić information content (AvgIpc) is 2.20.